The predicted octanol–water partition coefficient (Wildman–Crippen LogP) is 2.40. The van der Waals surface area contributed by atoms with E-state index < -0.39 is 17.5 Å². The number of carboxylic acids is 2. The lowest BCUT2D eigenvalue weighted by atomic mass is 9.80. The van der Waals surface area contributed by atoms with E-state index in [1.54, 1.807) is 30.3 Å². The SMILES string of the molecule is C=C(C(=O)O)C1=c2cc(Cl)c(Cl)cc2=NC1(C(=O)O)c1ccccc1. The number of fused-ring (bicyclic) bond motifs is 1. The summed E-state index contributed by atoms with van der Waals surface area (Å²) >= 11 is 12.1. The number of carbonyl (C=O) groups is 2. The number of hydrogen-bond acceptors (Lipinski definition) is 3. The van der Waals surface area contributed by atoms with Crippen LogP contribution in [0.4, 0.5) is 0 Å². The lowest BCUT2D eigenvalue weighted by Gasteiger charge is -2.26. The molecule has 1 atom stereocenters. The zero-order valence-corrected chi connectivity index (χ0v) is 14.2. The van der Waals surface area contributed by atoms with Gasteiger partial charge in [0.2, 0.25) is 5.54 Å². The van der Waals surface area contributed by atoms with Crippen LogP contribution in [0.25, 0.3) is 5.57 Å². The fraction of sp³-hybridized carbons (Fsp3) is 0.0556. The number of aliphatic carboxylic acids is 2. The van der Waals surface area contributed by atoms with Crippen molar-refractivity contribution in [3.63, 3.8) is 0 Å². The van der Waals surface area contributed by atoms with Gasteiger partial charge in [-0.25, -0.2) is 9.59 Å². The lowest BCUT2D eigenvalue weighted by Crippen LogP contribution is -2.36. The number of hydrogen-bond donors (Lipinski definition) is 2. The van der Waals surface area contributed by atoms with Gasteiger partial charge in [0, 0.05) is 10.8 Å². The van der Waals surface area contributed by atoms with Gasteiger partial charge < -0.3 is 10.2 Å². The first kappa shape index (κ1) is 17.2. The smallest absolute Gasteiger partial charge is 0.341 e. The van der Waals surface area contributed by atoms with E-state index in [9.17, 15) is 19.8 Å². The monoisotopic (exact) mass is 375 g/mol. The minimum Gasteiger partial charge on any atom is -0.479 e. The van der Waals surface area contributed by atoms with Crippen molar-refractivity contribution in [1.29, 1.82) is 0 Å². The van der Waals surface area contributed by atoms with Gasteiger partial charge >= 0.3 is 11.9 Å². The van der Waals surface area contributed by atoms with E-state index >= 15 is 0 Å². The quantitative estimate of drug-likeness (QED) is 0.803. The van der Waals surface area contributed by atoms with Crippen molar-refractivity contribution >= 4 is 40.7 Å². The standard InChI is InChI=1S/C18H11Cl2NO4/c1-9(16(22)23)15-11-7-12(19)13(20)8-14(11)21-18(15,17(24)25)10-5-3-2-4-6-10/h2-8H,1H2,(H,22,23)(H,24,25). The topological polar surface area (TPSA) is 87.0 Å². The molecule has 2 aromatic rings. The first-order chi connectivity index (χ1) is 11.8. The van der Waals surface area contributed by atoms with Crippen LogP contribution in [-0.2, 0) is 15.1 Å². The van der Waals surface area contributed by atoms with Crippen LogP contribution >= 0.6 is 23.2 Å². The maximum absolute atomic E-state index is 12.3. The van der Waals surface area contributed by atoms with Crippen LogP contribution in [0.15, 0.2) is 59.6 Å². The summed E-state index contributed by atoms with van der Waals surface area (Å²) in [5, 5.41) is 20.3. The molecule has 0 fully saturated rings. The number of halogens is 2. The summed E-state index contributed by atoms with van der Waals surface area (Å²) in [4.78, 5) is 28.2. The predicted molar refractivity (Wildman–Crippen MR) is 93.2 cm³/mol. The highest BCUT2D eigenvalue weighted by Gasteiger charge is 2.49. The van der Waals surface area contributed by atoms with Crippen LogP contribution < -0.4 is 10.6 Å². The Morgan fingerprint density at radius 1 is 1.04 bits per heavy atom. The fourth-order valence-corrected chi connectivity index (χ4v) is 3.24. The normalized spacial score (nSPS) is 18.4. The summed E-state index contributed by atoms with van der Waals surface area (Å²) in [6.07, 6.45) is 0. The Bertz CT molecular complexity index is 1050. The van der Waals surface area contributed by atoms with Gasteiger partial charge in [0.25, 0.3) is 0 Å². The lowest BCUT2D eigenvalue weighted by molar-refractivity contribution is -0.141. The molecule has 1 heterocycles. The van der Waals surface area contributed by atoms with Crippen molar-refractivity contribution in [2.75, 3.05) is 0 Å². The maximum Gasteiger partial charge on any atom is 0.341 e. The molecular formula is C18H11Cl2NO4. The van der Waals surface area contributed by atoms with Gasteiger partial charge in [0.15, 0.2) is 0 Å². The van der Waals surface area contributed by atoms with Gasteiger partial charge in [0.05, 0.1) is 21.0 Å². The molecule has 7 heteroatoms. The number of carboxylic acid groups (broad SMARTS) is 2. The van der Waals surface area contributed by atoms with Crippen molar-refractivity contribution in [1.82, 2.24) is 0 Å². The molecule has 1 unspecified atom stereocenters. The molecule has 25 heavy (non-hydrogen) atoms. The van der Waals surface area contributed by atoms with Crippen LogP contribution in [-0.4, -0.2) is 22.2 Å². The Balaban J connectivity index is 2.52. The highest BCUT2D eigenvalue weighted by atomic mass is 35.5. The second-order valence-electron chi connectivity index (χ2n) is 5.44. The molecule has 0 radical (unpaired) electrons. The van der Waals surface area contributed by atoms with E-state index in [-0.39, 0.29) is 31.8 Å². The number of benzene rings is 2. The fourth-order valence-electron chi connectivity index (χ4n) is 2.91. The molecule has 0 spiro atoms. The van der Waals surface area contributed by atoms with E-state index in [0.29, 0.717) is 5.56 Å². The van der Waals surface area contributed by atoms with Gasteiger partial charge in [-0.05, 0) is 17.7 Å². The Kier molecular flexibility index (Phi) is 4.14. The molecule has 2 aromatic carbocycles. The number of rotatable bonds is 4. The Labute approximate surface area is 152 Å². The second-order valence-corrected chi connectivity index (χ2v) is 6.25. The molecule has 1 aliphatic rings. The molecule has 0 saturated carbocycles. The summed E-state index contributed by atoms with van der Waals surface area (Å²) in [5.74, 6) is -2.66. The third kappa shape index (κ3) is 2.52. The molecule has 0 saturated heterocycles. The molecule has 0 aliphatic carbocycles. The zero-order chi connectivity index (χ0) is 18.4. The first-order valence-corrected chi connectivity index (χ1v) is 7.86. The highest BCUT2D eigenvalue weighted by Crippen LogP contribution is 2.40. The van der Waals surface area contributed by atoms with Gasteiger partial charge in [-0.15, -0.1) is 0 Å². The average Bonchev–Trinajstić information content (AvgIpc) is 2.90. The van der Waals surface area contributed by atoms with Gasteiger partial charge in [-0.3, -0.25) is 4.99 Å². The van der Waals surface area contributed by atoms with E-state index in [1.807, 2.05) is 0 Å². The third-order valence-corrected chi connectivity index (χ3v) is 4.74. The number of nitrogens with zero attached hydrogens (tertiary/aromatic N) is 1. The van der Waals surface area contributed by atoms with Crippen LogP contribution in [0.5, 0.6) is 0 Å². The molecule has 0 aromatic heterocycles. The molecule has 3 rings (SSSR count). The van der Waals surface area contributed by atoms with Crippen LogP contribution in [0.2, 0.25) is 10.0 Å². The van der Waals surface area contributed by atoms with Crippen molar-refractivity contribution in [2.45, 2.75) is 5.54 Å². The molecule has 1 aliphatic heterocycles. The Morgan fingerprint density at radius 3 is 2.20 bits per heavy atom. The second kappa shape index (κ2) is 6.02. The van der Waals surface area contributed by atoms with Crippen LogP contribution in [0, 0.1) is 0 Å². The molecule has 5 nitrogen and oxygen atoms in total. The molecule has 0 bridgehead atoms. The van der Waals surface area contributed by atoms with Crippen molar-refractivity contribution in [3.8, 4) is 0 Å². The molecule has 126 valence electrons. The molecular weight excluding hydrogens is 365 g/mol. The van der Waals surface area contributed by atoms with Crippen molar-refractivity contribution in [3.05, 3.63) is 80.8 Å². The van der Waals surface area contributed by atoms with Gasteiger partial charge in [-0.1, -0.05) is 60.1 Å². The van der Waals surface area contributed by atoms with Crippen molar-refractivity contribution in [2.24, 2.45) is 4.99 Å². The first-order valence-electron chi connectivity index (χ1n) is 7.10. The van der Waals surface area contributed by atoms with E-state index in [2.05, 4.69) is 11.6 Å². The molecule has 2 N–H and O–H groups in total. The van der Waals surface area contributed by atoms with Gasteiger partial charge in [0.1, 0.15) is 0 Å². The Hall–Kier alpha value is -2.63. The average molecular weight is 376 g/mol. The van der Waals surface area contributed by atoms with Crippen LogP contribution in [0.1, 0.15) is 5.56 Å². The summed E-state index contributed by atoms with van der Waals surface area (Å²) in [6.45, 7) is 3.55. The maximum atomic E-state index is 12.3. The van der Waals surface area contributed by atoms with Crippen molar-refractivity contribution < 1.29 is 19.8 Å². The highest BCUT2D eigenvalue weighted by molar-refractivity contribution is 6.42. The van der Waals surface area contributed by atoms with E-state index in [4.69, 9.17) is 23.2 Å². The Morgan fingerprint density at radius 2 is 1.64 bits per heavy atom. The largest absolute Gasteiger partial charge is 0.479 e. The minimum atomic E-state index is -1.94. The third-order valence-electron chi connectivity index (χ3n) is 4.02. The van der Waals surface area contributed by atoms with Gasteiger partial charge in [-0.2, -0.15) is 0 Å². The molecule has 0 amide bonds. The summed E-state index contributed by atoms with van der Waals surface area (Å²) in [5.41, 5.74) is -2.03. The van der Waals surface area contributed by atoms with E-state index in [1.165, 1.54) is 12.1 Å². The van der Waals surface area contributed by atoms with Crippen LogP contribution in [0.3, 0.4) is 0 Å². The summed E-state index contributed by atoms with van der Waals surface area (Å²) in [7, 11) is 0. The van der Waals surface area contributed by atoms with E-state index in [0.717, 1.165) is 0 Å². The summed E-state index contributed by atoms with van der Waals surface area (Å²) in [6, 6.07) is 11.0. The summed E-state index contributed by atoms with van der Waals surface area (Å²) < 4.78 is 0. The zero-order valence-electron chi connectivity index (χ0n) is 12.7. The minimum absolute atomic E-state index is 0.0349.